The fourth-order valence-electron chi connectivity index (χ4n) is 2.03. The Morgan fingerprint density at radius 2 is 2.11 bits per heavy atom. The van der Waals surface area contributed by atoms with Crippen LogP contribution in [0.3, 0.4) is 0 Å². The number of rotatable bonds is 3. The molecular formula is C14H21NO3S. The molecule has 3 atom stereocenters. The van der Waals surface area contributed by atoms with Gasteiger partial charge in [0.15, 0.2) is 0 Å². The highest BCUT2D eigenvalue weighted by Gasteiger charge is 2.33. The van der Waals surface area contributed by atoms with Gasteiger partial charge >= 0.3 is 0 Å². The highest BCUT2D eigenvalue weighted by atomic mass is 32.2. The maximum Gasteiger partial charge on any atom is 0.124 e. The summed E-state index contributed by atoms with van der Waals surface area (Å²) in [4.78, 5) is 0. The molecule has 0 fully saturated rings. The molecule has 106 valence electrons. The third-order valence-corrected chi connectivity index (χ3v) is 4.78. The fraction of sp³-hybridized carbons (Fsp3) is 0.571. The van der Waals surface area contributed by atoms with Gasteiger partial charge in [-0.2, -0.15) is 0 Å². The van der Waals surface area contributed by atoms with E-state index in [4.69, 9.17) is 4.74 Å². The molecule has 5 heteroatoms. The summed E-state index contributed by atoms with van der Waals surface area (Å²) in [6.45, 7) is 6.22. The first-order valence-electron chi connectivity index (χ1n) is 6.44. The van der Waals surface area contributed by atoms with Gasteiger partial charge in [0.05, 0.1) is 35.0 Å². The van der Waals surface area contributed by atoms with Gasteiger partial charge < -0.3 is 9.84 Å². The Labute approximate surface area is 116 Å². The SMILES string of the molecule is CC(C)(C)[S@](=O)N[C@@H]1c2ccccc2OC[C@H]1CO. The molecule has 4 nitrogen and oxygen atoms in total. The fourth-order valence-corrected chi connectivity index (χ4v) is 2.93. The highest BCUT2D eigenvalue weighted by molar-refractivity contribution is 7.84. The lowest BCUT2D eigenvalue weighted by atomic mass is 9.92. The Hall–Kier alpha value is -0.910. The number of aliphatic hydroxyl groups excluding tert-OH is 1. The van der Waals surface area contributed by atoms with Crippen LogP contribution in [0.25, 0.3) is 0 Å². The molecule has 0 bridgehead atoms. The maximum absolute atomic E-state index is 12.3. The smallest absolute Gasteiger partial charge is 0.124 e. The van der Waals surface area contributed by atoms with Crippen molar-refractivity contribution in [2.24, 2.45) is 5.92 Å². The molecule has 1 heterocycles. The first-order valence-corrected chi connectivity index (χ1v) is 7.59. The summed E-state index contributed by atoms with van der Waals surface area (Å²) < 4.78 is 20.7. The van der Waals surface area contributed by atoms with E-state index >= 15 is 0 Å². The lowest BCUT2D eigenvalue weighted by Gasteiger charge is -2.34. The molecule has 1 aliphatic heterocycles. The average molecular weight is 283 g/mol. The summed E-state index contributed by atoms with van der Waals surface area (Å²) in [5.41, 5.74) is 0.963. The van der Waals surface area contributed by atoms with E-state index in [0.717, 1.165) is 11.3 Å². The molecule has 0 amide bonds. The van der Waals surface area contributed by atoms with Gasteiger partial charge in [-0.15, -0.1) is 0 Å². The topological polar surface area (TPSA) is 58.6 Å². The van der Waals surface area contributed by atoms with Crippen LogP contribution in [-0.4, -0.2) is 27.3 Å². The van der Waals surface area contributed by atoms with E-state index in [9.17, 15) is 9.32 Å². The second-order valence-electron chi connectivity index (χ2n) is 5.77. The zero-order valence-corrected chi connectivity index (χ0v) is 12.4. The van der Waals surface area contributed by atoms with Crippen molar-refractivity contribution in [3.05, 3.63) is 29.8 Å². The van der Waals surface area contributed by atoms with E-state index in [-0.39, 0.29) is 23.3 Å². The summed E-state index contributed by atoms with van der Waals surface area (Å²) in [6.07, 6.45) is 0. The van der Waals surface area contributed by atoms with E-state index < -0.39 is 11.0 Å². The van der Waals surface area contributed by atoms with Crippen molar-refractivity contribution in [2.45, 2.75) is 31.6 Å². The number of para-hydroxylation sites is 1. The van der Waals surface area contributed by atoms with Crippen molar-refractivity contribution in [1.82, 2.24) is 4.72 Å². The second kappa shape index (κ2) is 5.61. The Bertz CT molecular complexity index is 470. The molecule has 2 rings (SSSR count). The van der Waals surface area contributed by atoms with Crippen LogP contribution in [0.15, 0.2) is 24.3 Å². The average Bonchev–Trinajstić information content (AvgIpc) is 2.38. The molecule has 0 saturated carbocycles. The molecule has 0 spiro atoms. The quantitative estimate of drug-likeness (QED) is 0.889. The van der Waals surface area contributed by atoms with E-state index in [0.29, 0.717) is 6.61 Å². The molecule has 0 unspecified atom stereocenters. The van der Waals surface area contributed by atoms with Gasteiger partial charge in [-0.05, 0) is 26.8 Å². The number of hydrogen-bond donors (Lipinski definition) is 2. The maximum atomic E-state index is 12.3. The molecule has 1 aromatic carbocycles. The molecule has 0 radical (unpaired) electrons. The Balaban J connectivity index is 2.27. The van der Waals surface area contributed by atoms with Gasteiger partial charge in [-0.3, -0.25) is 0 Å². The molecule has 19 heavy (non-hydrogen) atoms. The van der Waals surface area contributed by atoms with Gasteiger partial charge in [0.1, 0.15) is 5.75 Å². The molecule has 0 aromatic heterocycles. The first-order chi connectivity index (χ1) is 8.93. The van der Waals surface area contributed by atoms with Crippen molar-refractivity contribution in [2.75, 3.05) is 13.2 Å². The third-order valence-electron chi connectivity index (χ3n) is 3.20. The van der Waals surface area contributed by atoms with Crippen molar-refractivity contribution < 1.29 is 14.1 Å². The predicted molar refractivity (Wildman–Crippen MR) is 76.3 cm³/mol. The highest BCUT2D eigenvalue weighted by Crippen LogP contribution is 2.35. The van der Waals surface area contributed by atoms with E-state index in [1.165, 1.54) is 0 Å². The van der Waals surface area contributed by atoms with Gasteiger partial charge in [-0.1, -0.05) is 18.2 Å². The summed E-state index contributed by atoms with van der Waals surface area (Å²) in [5.74, 6) is 0.719. The number of aliphatic hydroxyl groups is 1. The van der Waals surface area contributed by atoms with E-state index in [2.05, 4.69) is 4.72 Å². The Morgan fingerprint density at radius 1 is 1.42 bits per heavy atom. The van der Waals surface area contributed by atoms with E-state index in [1.807, 2.05) is 45.0 Å². The Kier molecular flexibility index (Phi) is 4.28. The number of nitrogens with one attached hydrogen (secondary N) is 1. The van der Waals surface area contributed by atoms with Gasteiger partial charge in [0, 0.05) is 11.5 Å². The van der Waals surface area contributed by atoms with Crippen LogP contribution in [0.4, 0.5) is 0 Å². The first kappa shape index (κ1) is 14.5. The molecule has 1 aromatic rings. The lowest BCUT2D eigenvalue weighted by molar-refractivity contribution is 0.119. The van der Waals surface area contributed by atoms with Crippen molar-refractivity contribution in [3.63, 3.8) is 0 Å². The van der Waals surface area contributed by atoms with Gasteiger partial charge in [0.25, 0.3) is 0 Å². The van der Waals surface area contributed by atoms with Crippen LogP contribution < -0.4 is 9.46 Å². The van der Waals surface area contributed by atoms with Gasteiger partial charge in [0.2, 0.25) is 0 Å². The van der Waals surface area contributed by atoms with Crippen molar-refractivity contribution in [3.8, 4) is 5.75 Å². The largest absolute Gasteiger partial charge is 0.493 e. The summed E-state index contributed by atoms with van der Waals surface area (Å²) in [7, 11) is -1.18. The molecule has 0 aliphatic carbocycles. The number of fused-ring (bicyclic) bond motifs is 1. The minimum absolute atomic E-state index is 0.00729. The zero-order chi connectivity index (χ0) is 14.0. The number of benzene rings is 1. The molecular weight excluding hydrogens is 262 g/mol. The summed E-state index contributed by atoms with van der Waals surface area (Å²) in [5, 5.41) is 9.48. The van der Waals surface area contributed by atoms with Crippen LogP contribution in [0, 0.1) is 5.92 Å². The van der Waals surface area contributed by atoms with Crippen molar-refractivity contribution >= 4 is 11.0 Å². The monoisotopic (exact) mass is 283 g/mol. The number of ether oxygens (including phenoxy) is 1. The zero-order valence-electron chi connectivity index (χ0n) is 11.6. The lowest BCUT2D eigenvalue weighted by Crippen LogP contribution is -2.42. The summed E-state index contributed by atoms with van der Waals surface area (Å²) in [6, 6.07) is 7.55. The standard InChI is InChI=1S/C14H21NO3S/c1-14(2,3)19(17)15-13-10(8-16)9-18-12-7-5-4-6-11(12)13/h4-7,10,13,15-16H,8-9H2,1-3H3/t10-,13+,19+/m1/s1. The normalized spacial score (nSPS) is 24.4. The van der Waals surface area contributed by atoms with Crippen LogP contribution in [-0.2, 0) is 11.0 Å². The molecule has 2 N–H and O–H groups in total. The number of hydrogen-bond acceptors (Lipinski definition) is 3. The van der Waals surface area contributed by atoms with Crippen LogP contribution in [0.1, 0.15) is 32.4 Å². The van der Waals surface area contributed by atoms with E-state index in [1.54, 1.807) is 0 Å². The van der Waals surface area contributed by atoms with Gasteiger partial charge in [-0.25, -0.2) is 8.93 Å². The minimum Gasteiger partial charge on any atom is -0.493 e. The van der Waals surface area contributed by atoms with Crippen LogP contribution in [0.2, 0.25) is 0 Å². The van der Waals surface area contributed by atoms with Crippen LogP contribution >= 0.6 is 0 Å². The van der Waals surface area contributed by atoms with Crippen molar-refractivity contribution in [1.29, 1.82) is 0 Å². The molecule has 1 aliphatic rings. The second-order valence-corrected chi connectivity index (χ2v) is 7.77. The Morgan fingerprint density at radius 3 is 2.74 bits per heavy atom. The summed E-state index contributed by atoms with van der Waals surface area (Å²) >= 11 is 0. The predicted octanol–water partition coefficient (Wildman–Crippen LogP) is 1.78. The molecule has 0 saturated heterocycles. The minimum atomic E-state index is -1.18. The third kappa shape index (κ3) is 3.16. The van der Waals surface area contributed by atoms with Crippen LogP contribution in [0.5, 0.6) is 5.75 Å².